The summed E-state index contributed by atoms with van der Waals surface area (Å²) in [6.07, 6.45) is 0. The third kappa shape index (κ3) is 2.85. The Morgan fingerprint density at radius 2 is 1.61 bits per heavy atom. The van der Waals surface area contributed by atoms with E-state index in [1.54, 1.807) is 43.5 Å². The summed E-state index contributed by atoms with van der Waals surface area (Å²) in [6.45, 7) is 1.97. The molecule has 4 nitrogen and oxygen atoms in total. The molecule has 0 amide bonds. The Labute approximate surface area is 106 Å². The molecule has 0 saturated heterocycles. The highest BCUT2D eigenvalue weighted by atomic mass is 16.5. The molecule has 0 saturated carbocycles. The standard InChI is InChI=1S/C14H14N2O2/c1-11-3-7-13(8-4-11)16(17)15-12-5-9-14(18-2)10-6-12/h3-10H,1-2H3. The van der Waals surface area contributed by atoms with Crippen molar-refractivity contribution in [3.63, 3.8) is 0 Å². The van der Waals surface area contributed by atoms with Crippen LogP contribution < -0.4 is 4.74 Å². The molecule has 0 spiro atoms. The molecule has 0 aliphatic carbocycles. The first-order valence-electron chi connectivity index (χ1n) is 5.58. The maximum atomic E-state index is 11.8. The maximum absolute atomic E-state index is 11.8. The van der Waals surface area contributed by atoms with E-state index in [0.717, 1.165) is 11.3 Å². The van der Waals surface area contributed by atoms with Crippen LogP contribution in [0.2, 0.25) is 0 Å². The number of hydrogen-bond donors (Lipinski definition) is 0. The van der Waals surface area contributed by atoms with Crippen LogP contribution in [0.5, 0.6) is 5.75 Å². The van der Waals surface area contributed by atoms with E-state index in [0.29, 0.717) is 16.2 Å². The normalized spacial score (nSPS) is 11.3. The van der Waals surface area contributed by atoms with Crippen LogP contribution in [0.4, 0.5) is 11.4 Å². The Morgan fingerprint density at radius 3 is 2.17 bits per heavy atom. The van der Waals surface area contributed by atoms with E-state index < -0.39 is 0 Å². The Morgan fingerprint density at radius 1 is 1.00 bits per heavy atom. The zero-order valence-corrected chi connectivity index (χ0v) is 10.3. The van der Waals surface area contributed by atoms with Gasteiger partial charge in [-0.15, -0.1) is 0 Å². The van der Waals surface area contributed by atoms with Crippen molar-refractivity contribution in [3.8, 4) is 5.75 Å². The minimum atomic E-state index is 0.511. The number of benzene rings is 2. The van der Waals surface area contributed by atoms with Gasteiger partial charge in [-0.25, -0.2) is 0 Å². The topological polar surface area (TPSA) is 47.7 Å². The van der Waals surface area contributed by atoms with Gasteiger partial charge in [-0.2, -0.15) is 0 Å². The Balaban J connectivity index is 2.23. The van der Waals surface area contributed by atoms with Gasteiger partial charge in [0.15, 0.2) is 0 Å². The average molecular weight is 242 g/mol. The van der Waals surface area contributed by atoms with Gasteiger partial charge in [0.05, 0.1) is 7.11 Å². The summed E-state index contributed by atoms with van der Waals surface area (Å²) in [6, 6.07) is 14.2. The monoisotopic (exact) mass is 242 g/mol. The molecule has 0 bridgehead atoms. The number of ether oxygens (including phenoxy) is 1. The average Bonchev–Trinajstić information content (AvgIpc) is 2.40. The summed E-state index contributed by atoms with van der Waals surface area (Å²) < 4.78 is 5.04. The lowest BCUT2D eigenvalue weighted by Crippen LogP contribution is -1.90. The second kappa shape index (κ2) is 5.31. The largest absolute Gasteiger partial charge is 0.594 e. The number of nitrogens with zero attached hydrogens (tertiary/aromatic N) is 2. The van der Waals surface area contributed by atoms with Crippen LogP contribution in [0, 0.1) is 12.1 Å². The van der Waals surface area contributed by atoms with Gasteiger partial charge in [-0.3, -0.25) is 0 Å². The van der Waals surface area contributed by atoms with Crippen molar-refractivity contribution in [3.05, 3.63) is 59.3 Å². The van der Waals surface area contributed by atoms with Gasteiger partial charge < -0.3 is 9.94 Å². The van der Waals surface area contributed by atoms with Gasteiger partial charge in [0, 0.05) is 17.2 Å². The highest BCUT2D eigenvalue weighted by Crippen LogP contribution is 2.20. The fourth-order valence-electron chi connectivity index (χ4n) is 1.48. The highest BCUT2D eigenvalue weighted by molar-refractivity contribution is 5.40. The molecule has 0 N–H and O–H groups in total. The fraction of sp³-hybridized carbons (Fsp3) is 0.143. The van der Waals surface area contributed by atoms with Gasteiger partial charge >= 0.3 is 0 Å². The van der Waals surface area contributed by atoms with Gasteiger partial charge in [0.25, 0.3) is 0 Å². The van der Waals surface area contributed by atoms with E-state index in [2.05, 4.69) is 5.11 Å². The zero-order chi connectivity index (χ0) is 13.0. The first-order valence-corrected chi connectivity index (χ1v) is 5.58. The van der Waals surface area contributed by atoms with Crippen LogP contribution in [-0.4, -0.2) is 12.0 Å². The number of hydrogen-bond acceptors (Lipinski definition) is 3. The third-order valence-electron chi connectivity index (χ3n) is 2.53. The van der Waals surface area contributed by atoms with Crippen molar-refractivity contribution in [2.75, 3.05) is 7.11 Å². The smallest absolute Gasteiger partial charge is 0.244 e. The molecular formula is C14H14N2O2. The van der Waals surface area contributed by atoms with Crippen LogP contribution in [-0.2, 0) is 0 Å². The lowest BCUT2D eigenvalue weighted by Gasteiger charge is -2.01. The summed E-state index contributed by atoms with van der Waals surface area (Å²) in [5.74, 6) is 0.738. The Hall–Kier alpha value is -2.36. The quantitative estimate of drug-likeness (QED) is 0.465. The van der Waals surface area contributed by atoms with Crippen LogP contribution in [0.25, 0.3) is 0 Å². The summed E-state index contributed by atoms with van der Waals surface area (Å²) in [7, 11) is 1.60. The lowest BCUT2D eigenvalue weighted by molar-refractivity contribution is -0.435. The van der Waals surface area contributed by atoms with Gasteiger partial charge in [-0.1, -0.05) is 22.6 Å². The van der Waals surface area contributed by atoms with E-state index in [4.69, 9.17) is 4.74 Å². The summed E-state index contributed by atoms with van der Waals surface area (Å²) in [5.41, 5.74) is 2.21. The molecule has 2 aromatic rings. The lowest BCUT2D eigenvalue weighted by atomic mass is 10.2. The Kier molecular flexibility index (Phi) is 3.57. The number of methoxy groups -OCH3 is 1. The van der Waals surface area contributed by atoms with Crippen LogP contribution in [0.3, 0.4) is 0 Å². The molecule has 0 aliphatic heterocycles. The van der Waals surface area contributed by atoms with Crippen LogP contribution >= 0.6 is 0 Å². The van der Waals surface area contributed by atoms with E-state index in [9.17, 15) is 5.21 Å². The van der Waals surface area contributed by atoms with Crippen molar-refractivity contribution in [2.24, 2.45) is 5.11 Å². The molecule has 18 heavy (non-hydrogen) atoms. The van der Waals surface area contributed by atoms with Crippen molar-refractivity contribution in [2.45, 2.75) is 6.92 Å². The second-order valence-electron chi connectivity index (χ2n) is 3.91. The molecule has 0 heterocycles. The summed E-state index contributed by atoms with van der Waals surface area (Å²) >= 11 is 0. The molecule has 0 aliphatic rings. The molecule has 0 atom stereocenters. The minimum Gasteiger partial charge on any atom is -0.594 e. The summed E-state index contributed by atoms with van der Waals surface area (Å²) in [5, 5.41) is 15.8. The van der Waals surface area contributed by atoms with Crippen LogP contribution in [0.15, 0.2) is 53.6 Å². The van der Waals surface area contributed by atoms with E-state index in [1.165, 1.54) is 0 Å². The maximum Gasteiger partial charge on any atom is 0.244 e. The molecule has 0 radical (unpaired) electrons. The van der Waals surface area contributed by atoms with Gasteiger partial charge in [0.1, 0.15) is 11.4 Å². The zero-order valence-electron chi connectivity index (χ0n) is 10.3. The number of aryl methyl sites for hydroxylation is 1. The predicted octanol–water partition coefficient (Wildman–Crippen LogP) is 3.93. The molecule has 92 valence electrons. The van der Waals surface area contributed by atoms with Gasteiger partial charge in [-0.05, 0) is 31.2 Å². The number of rotatable bonds is 3. The molecular weight excluding hydrogens is 228 g/mol. The fourth-order valence-corrected chi connectivity index (χ4v) is 1.48. The van der Waals surface area contributed by atoms with Crippen LogP contribution in [0.1, 0.15) is 5.56 Å². The Bertz CT molecular complexity index is 545. The SMILES string of the molecule is COc1ccc(N=[N+]([O-])c2ccc(C)cc2)cc1. The molecule has 0 unspecified atom stereocenters. The van der Waals surface area contributed by atoms with Crippen molar-refractivity contribution < 1.29 is 9.60 Å². The van der Waals surface area contributed by atoms with Crippen molar-refractivity contribution in [1.29, 1.82) is 0 Å². The summed E-state index contributed by atoms with van der Waals surface area (Å²) in [4.78, 5) is 0.612. The second-order valence-corrected chi connectivity index (χ2v) is 3.91. The van der Waals surface area contributed by atoms with Crippen molar-refractivity contribution in [1.82, 2.24) is 0 Å². The minimum absolute atomic E-state index is 0.511. The highest BCUT2D eigenvalue weighted by Gasteiger charge is 2.03. The molecule has 0 aromatic heterocycles. The molecule has 4 heteroatoms. The third-order valence-corrected chi connectivity index (χ3v) is 2.53. The molecule has 0 fully saturated rings. The first-order chi connectivity index (χ1) is 8.69. The number of azo groups is 1. The van der Waals surface area contributed by atoms with Gasteiger partial charge in [0.2, 0.25) is 5.69 Å². The predicted molar refractivity (Wildman–Crippen MR) is 69.5 cm³/mol. The van der Waals surface area contributed by atoms with E-state index >= 15 is 0 Å². The van der Waals surface area contributed by atoms with E-state index in [-0.39, 0.29) is 0 Å². The first kappa shape index (κ1) is 12.1. The van der Waals surface area contributed by atoms with E-state index in [1.807, 2.05) is 19.1 Å². The molecule has 2 aromatic carbocycles. The van der Waals surface area contributed by atoms with Crippen molar-refractivity contribution >= 4 is 11.4 Å². The molecule has 2 rings (SSSR count).